The van der Waals surface area contributed by atoms with Crippen LogP contribution in [0.3, 0.4) is 0 Å². The van der Waals surface area contributed by atoms with E-state index >= 15 is 0 Å². The molecule has 0 saturated heterocycles. The first kappa shape index (κ1) is 11.2. The van der Waals surface area contributed by atoms with Gasteiger partial charge in [0.05, 0.1) is 0 Å². The number of hydrogen-bond acceptors (Lipinski definition) is 2. The first-order chi connectivity index (χ1) is 7.66. The summed E-state index contributed by atoms with van der Waals surface area (Å²) in [6.07, 6.45) is 0. The summed E-state index contributed by atoms with van der Waals surface area (Å²) in [4.78, 5) is 2.34. The van der Waals surface area contributed by atoms with Crippen molar-refractivity contribution >= 4 is 5.69 Å². The predicted octanol–water partition coefficient (Wildman–Crippen LogP) is 2.70. The summed E-state index contributed by atoms with van der Waals surface area (Å²) in [5, 5.41) is 3.46. The Morgan fingerprint density at radius 1 is 1.50 bits per heavy atom. The molecular weight excluding hydrogens is 196 g/mol. The van der Waals surface area contributed by atoms with Crippen molar-refractivity contribution in [3.8, 4) is 0 Å². The normalized spacial score (nSPS) is 18.3. The molecule has 0 fully saturated rings. The molecule has 0 aliphatic carbocycles. The number of hydrogen-bond donors (Lipinski definition) is 1. The summed E-state index contributed by atoms with van der Waals surface area (Å²) >= 11 is 0. The molecular formula is C14H20N2. The van der Waals surface area contributed by atoms with Crippen LogP contribution in [0.4, 0.5) is 5.69 Å². The van der Waals surface area contributed by atoms with E-state index in [-0.39, 0.29) is 0 Å². The summed E-state index contributed by atoms with van der Waals surface area (Å²) in [6, 6.07) is 8.60. The quantitative estimate of drug-likeness (QED) is 0.778. The first-order valence-corrected chi connectivity index (χ1v) is 5.82. The average molecular weight is 216 g/mol. The third kappa shape index (κ3) is 2.45. The molecule has 0 radical (unpaired) electrons. The van der Waals surface area contributed by atoms with Crippen molar-refractivity contribution in [1.29, 1.82) is 0 Å². The zero-order valence-corrected chi connectivity index (χ0v) is 10.2. The van der Waals surface area contributed by atoms with Crippen LogP contribution in [0.25, 0.3) is 0 Å². The van der Waals surface area contributed by atoms with Gasteiger partial charge in [-0.2, -0.15) is 0 Å². The van der Waals surface area contributed by atoms with Crippen LogP contribution in [-0.2, 0) is 0 Å². The summed E-state index contributed by atoms with van der Waals surface area (Å²) in [7, 11) is 2.16. The highest BCUT2D eigenvalue weighted by atomic mass is 15.1. The number of likely N-dealkylation sites (N-methyl/N-ethyl adjacent to an activating group) is 1. The summed E-state index contributed by atoms with van der Waals surface area (Å²) in [5.74, 6) is 0.612. The van der Waals surface area contributed by atoms with E-state index in [1.54, 1.807) is 0 Å². The maximum atomic E-state index is 3.96. The first-order valence-electron chi connectivity index (χ1n) is 5.82. The summed E-state index contributed by atoms with van der Waals surface area (Å²) in [5.41, 5.74) is 3.98. The van der Waals surface area contributed by atoms with Crippen LogP contribution in [0.5, 0.6) is 0 Å². The lowest BCUT2D eigenvalue weighted by molar-refractivity contribution is 0.342. The third-order valence-electron chi connectivity index (χ3n) is 3.01. The van der Waals surface area contributed by atoms with Crippen molar-refractivity contribution in [2.45, 2.75) is 12.8 Å². The largest absolute Gasteiger partial charge is 0.384 e. The number of fused-ring (bicyclic) bond motifs is 1. The van der Waals surface area contributed by atoms with Crippen LogP contribution >= 0.6 is 0 Å². The molecule has 16 heavy (non-hydrogen) atoms. The smallest absolute Gasteiger partial charge is 0.0376 e. The molecule has 1 aromatic rings. The maximum absolute atomic E-state index is 3.96. The van der Waals surface area contributed by atoms with Gasteiger partial charge in [-0.15, -0.1) is 0 Å². The molecule has 0 saturated carbocycles. The monoisotopic (exact) mass is 216 g/mol. The molecule has 2 nitrogen and oxygen atoms in total. The van der Waals surface area contributed by atoms with Crippen molar-refractivity contribution < 1.29 is 0 Å². The highest BCUT2D eigenvalue weighted by Crippen LogP contribution is 2.31. The third-order valence-corrected chi connectivity index (χ3v) is 3.01. The molecule has 2 rings (SSSR count). The second kappa shape index (κ2) is 4.71. The van der Waals surface area contributed by atoms with E-state index in [9.17, 15) is 0 Å². The second-order valence-electron chi connectivity index (χ2n) is 4.82. The van der Waals surface area contributed by atoms with Crippen LogP contribution in [0.1, 0.15) is 18.4 Å². The van der Waals surface area contributed by atoms with Gasteiger partial charge in [-0.05, 0) is 25.6 Å². The summed E-state index contributed by atoms with van der Waals surface area (Å²) < 4.78 is 0. The number of nitrogens with zero attached hydrogens (tertiary/aromatic N) is 1. The molecule has 0 bridgehead atoms. The molecule has 0 amide bonds. The van der Waals surface area contributed by atoms with Crippen molar-refractivity contribution in [1.82, 2.24) is 4.90 Å². The lowest BCUT2D eigenvalue weighted by Gasteiger charge is -2.20. The van der Waals surface area contributed by atoms with E-state index in [0.29, 0.717) is 5.92 Å². The standard InChI is InChI=1S/C14H20N2/c1-11(2)9-16(3)10-12-8-15-14-7-5-4-6-13(12)14/h4-7,12,15H,1,8-10H2,2-3H3. The fourth-order valence-electron chi connectivity index (χ4n) is 2.42. The SMILES string of the molecule is C=C(C)CN(C)CC1CNc2ccccc21. The van der Waals surface area contributed by atoms with Gasteiger partial charge in [-0.3, -0.25) is 0 Å². The van der Waals surface area contributed by atoms with E-state index in [4.69, 9.17) is 0 Å². The minimum absolute atomic E-state index is 0.612. The Balaban J connectivity index is 2.00. The van der Waals surface area contributed by atoms with Crippen molar-refractivity contribution in [3.05, 3.63) is 42.0 Å². The molecule has 1 heterocycles. The maximum Gasteiger partial charge on any atom is 0.0376 e. The molecule has 1 aliphatic rings. The van der Waals surface area contributed by atoms with Crippen molar-refractivity contribution in [2.24, 2.45) is 0 Å². The zero-order chi connectivity index (χ0) is 11.5. The molecule has 0 spiro atoms. The lowest BCUT2D eigenvalue weighted by atomic mass is 10.0. The molecule has 1 aromatic carbocycles. The number of benzene rings is 1. The van der Waals surface area contributed by atoms with E-state index in [1.807, 2.05) is 0 Å². The molecule has 1 unspecified atom stereocenters. The Labute approximate surface area is 98.0 Å². The van der Waals surface area contributed by atoms with Gasteiger partial charge in [0.15, 0.2) is 0 Å². The van der Waals surface area contributed by atoms with Crippen LogP contribution < -0.4 is 5.32 Å². The van der Waals surface area contributed by atoms with Gasteiger partial charge in [0.2, 0.25) is 0 Å². The molecule has 86 valence electrons. The molecule has 1 atom stereocenters. The highest BCUT2D eigenvalue weighted by molar-refractivity contribution is 5.57. The predicted molar refractivity (Wildman–Crippen MR) is 70.0 cm³/mol. The average Bonchev–Trinajstić information content (AvgIpc) is 2.61. The van der Waals surface area contributed by atoms with Gasteiger partial charge < -0.3 is 10.2 Å². The van der Waals surface area contributed by atoms with Gasteiger partial charge in [-0.25, -0.2) is 0 Å². The minimum Gasteiger partial charge on any atom is -0.384 e. The van der Waals surface area contributed by atoms with E-state index in [0.717, 1.165) is 19.6 Å². The number of para-hydroxylation sites is 1. The van der Waals surface area contributed by atoms with Gasteiger partial charge in [0.25, 0.3) is 0 Å². The molecule has 1 N–H and O–H groups in total. The zero-order valence-electron chi connectivity index (χ0n) is 10.2. The number of rotatable bonds is 4. The van der Waals surface area contributed by atoms with Crippen LogP contribution in [-0.4, -0.2) is 31.6 Å². The Morgan fingerprint density at radius 3 is 3.00 bits per heavy atom. The Morgan fingerprint density at radius 2 is 2.25 bits per heavy atom. The second-order valence-corrected chi connectivity index (χ2v) is 4.82. The number of anilines is 1. The minimum atomic E-state index is 0.612. The highest BCUT2D eigenvalue weighted by Gasteiger charge is 2.22. The van der Waals surface area contributed by atoms with E-state index in [1.165, 1.54) is 16.8 Å². The molecule has 0 aromatic heterocycles. The van der Waals surface area contributed by atoms with Gasteiger partial charge in [0, 0.05) is 31.2 Å². The Hall–Kier alpha value is -1.28. The van der Waals surface area contributed by atoms with Gasteiger partial charge in [0.1, 0.15) is 0 Å². The fraction of sp³-hybridized carbons (Fsp3) is 0.429. The fourth-order valence-corrected chi connectivity index (χ4v) is 2.42. The summed E-state index contributed by atoms with van der Waals surface area (Å²) in [6.45, 7) is 9.17. The van der Waals surface area contributed by atoms with Crippen LogP contribution in [0.2, 0.25) is 0 Å². The van der Waals surface area contributed by atoms with Gasteiger partial charge >= 0.3 is 0 Å². The molecule has 1 aliphatic heterocycles. The van der Waals surface area contributed by atoms with Crippen molar-refractivity contribution in [3.63, 3.8) is 0 Å². The van der Waals surface area contributed by atoms with E-state index in [2.05, 4.69) is 55.0 Å². The lowest BCUT2D eigenvalue weighted by Crippen LogP contribution is -2.26. The Kier molecular flexibility index (Phi) is 3.30. The van der Waals surface area contributed by atoms with Crippen LogP contribution in [0, 0.1) is 0 Å². The van der Waals surface area contributed by atoms with Crippen LogP contribution in [0.15, 0.2) is 36.4 Å². The van der Waals surface area contributed by atoms with E-state index < -0.39 is 0 Å². The van der Waals surface area contributed by atoms with Gasteiger partial charge in [-0.1, -0.05) is 30.4 Å². The topological polar surface area (TPSA) is 15.3 Å². The molecule has 2 heteroatoms. The van der Waals surface area contributed by atoms with Crippen molar-refractivity contribution in [2.75, 3.05) is 32.0 Å². The Bertz CT molecular complexity index is 384. The number of nitrogens with one attached hydrogen (secondary N) is 1.